The van der Waals surface area contributed by atoms with Gasteiger partial charge in [-0.2, -0.15) is 0 Å². The molecule has 0 radical (unpaired) electrons. The van der Waals surface area contributed by atoms with E-state index in [4.69, 9.17) is 18.9 Å². The van der Waals surface area contributed by atoms with E-state index in [0.717, 1.165) is 146 Å². The minimum absolute atomic E-state index is 0.145. The molecule has 0 N–H and O–H groups in total. The minimum Gasteiger partial charge on any atom is -0.426 e. The lowest BCUT2D eigenvalue weighted by atomic mass is 9.70. The van der Waals surface area contributed by atoms with Crippen LogP contribution in [0.4, 0.5) is 0 Å². The van der Waals surface area contributed by atoms with E-state index in [1.54, 1.807) is 0 Å². The molecule has 6 aliphatic rings. The molecule has 6 saturated carbocycles. The van der Waals surface area contributed by atoms with Gasteiger partial charge >= 0.3 is 11.9 Å². The van der Waals surface area contributed by atoms with Crippen LogP contribution in [0.5, 0.6) is 11.5 Å². The molecule has 506 valence electrons. The number of unbranched alkanes of at least 4 members (excludes halogenated alkanes) is 6. The normalized spacial score (nSPS) is 26.9. The van der Waals surface area contributed by atoms with Gasteiger partial charge in [0.05, 0.1) is 24.0 Å². The Balaban J connectivity index is 0.832. The van der Waals surface area contributed by atoms with E-state index in [9.17, 15) is 0 Å². The van der Waals surface area contributed by atoms with Gasteiger partial charge in [-0.05, 0) is 293 Å². The summed E-state index contributed by atoms with van der Waals surface area (Å²) in [5, 5.41) is 4.06. The number of esters is 2. The molecule has 6 aromatic rings. The highest BCUT2D eigenvalue weighted by molar-refractivity contribution is 6.11. The van der Waals surface area contributed by atoms with Crippen molar-refractivity contribution in [3.8, 4) is 44.9 Å². The highest BCUT2D eigenvalue weighted by Crippen LogP contribution is 2.50. The molecule has 0 aliphatic heterocycles. The van der Waals surface area contributed by atoms with Crippen LogP contribution in [0, 0.1) is 47.3 Å². The van der Waals surface area contributed by atoms with E-state index < -0.39 is 0 Å². The average molecular weight is 1270 g/mol. The first-order chi connectivity index (χ1) is 46.2. The van der Waals surface area contributed by atoms with E-state index in [-0.39, 0.29) is 23.8 Å². The van der Waals surface area contributed by atoms with E-state index in [1.807, 2.05) is 12.1 Å². The monoisotopic (exact) mass is 1270 g/mol. The number of carbonyl (C=O) groups excluding carboxylic acids is 2. The molecule has 6 aliphatic carbocycles. The molecular formula is C88H118O6. The summed E-state index contributed by atoms with van der Waals surface area (Å²) in [4.78, 5) is 30.0. The Morgan fingerprint density at radius 2 is 0.691 bits per heavy atom. The van der Waals surface area contributed by atoms with E-state index in [1.165, 1.54) is 176 Å². The Morgan fingerprint density at radius 3 is 1.04 bits per heavy atom. The topological polar surface area (TPSA) is 71.1 Å². The van der Waals surface area contributed by atoms with Gasteiger partial charge < -0.3 is 18.9 Å². The molecular weight excluding hydrogens is 1150 g/mol. The van der Waals surface area contributed by atoms with Crippen LogP contribution in [0.2, 0.25) is 0 Å². The maximum atomic E-state index is 15.0. The maximum absolute atomic E-state index is 15.0. The number of carbonyl (C=O) groups is 2. The van der Waals surface area contributed by atoms with Crippen molar-refractivity contribution in [2.75, 3.05) is 13.2 Å². The third-order valence-corrected chi connectivity index (χ3v) is 24.8. The number of benzene rings is 6. The first kappa shape index (κ1) is 68.6. The summed E-state index contributed by atoms with van der Waals surface area (Å²) in [6, 6.07) is 40.8. The number of rotatable bonds is 27. The standard InChI is InChI=1S/C88H118O6/c1-5-9-11-13-57-91-79-49-41-69(42-50-79)67-33-37-73(38-34-67)87(89)93-83-55-47-77-59-75(71-29-25-65(26-30-71)63-21-17-61(15-7-3)18-22-63)45-53-81(77)85(83)86-82-54-46-76(72-31-27-66(28-32-72)64-23-19-62(16-8-4)20-24-64)60-78(82)48-56-84(86)94-88(90)74-39-35-68(36-40-74)70-43-51-80(52-44-70)92-58-14-12-10-6-2/h25-32,45-48,53-56,59-64,67-70,73-74,79-80H,5-24,33-44,49-52,57-58H2,1-4H3. The molecule has 0 bridgehead atoms. The van der Waals surface area contributed by atoms with Gasteiger partial charge in [0.15, 0.2) is 0 Å². The fourth-order valence-electron chi connectivity index (χ4n) is 19.0. The number of hydrogen-bond donors (Lipinski definition) is 0. The van der Waals surface area contributed by atoms with Crippen molar-refractivity contribution in [1.29, 1.82) is 0 Å². The molecule has 94 heavy (non-hydrogen) atoms. The van der Waals surface area contributed by atoms with Crippen LogP contribution < -0.4 is 9.47 Å². The van der Waals surface area contributed by atoms with Gasteiger partial charge in [0.2, 0.25) is 0 Å². The SMILES string of the molecule is CCCCCCOC1CCC(C2CCC(C(=O)Oc3ccc4cc(-c5ccc(C6CCC(CCC)CC6)cc5)ccc4c3-c3c(OC(=O)C4CCC(C5CCC(OCCCCCC)CC5)CC4)ccc4cc(-c5ccc(C6CCC(CCC)CC6)cc5)ccc34)CC2)CC1. The van der Waals surface area contributed by atoms with Crippen molar-refractivity contribution in [2.24, 2.45) is 47.3 Å². The first-order valence-corrected chi connectivity index (χ1v) is 39.2. The van der Waals surface area contributed by atoms with Gasteiger partial charge in [-0.3, -0.25) is 9.59 Å². The summed E-state index contributed by atoms with van der Waals surface area (Å²) in [6.07, 6.45) is 43.8. The van der Waals surface area contributed by atoms with Crippen molar-refractivity contribution in [3.05, 3.63) is 120 Å². The quantitative estimate of drug-likeness (QED) is 0.0291. The second kappa shape index (κ2) is 34.3. The van der Waals surface area contributed by atoms with Gasteiger partial charge in [-0.25, -0.2) is 0 Å². The molecule has 0 heterocycles. The molecule has 0 atom stereocenters. The second-order valence-electron chi connectivity index (χ2n) is 31.0. The van der Waals surface area contributed by atoms with Crippen LogP contribution in [0.3, 0.4) is 0 Å². The summed E-state index contributed by atoms with van der Waals surface area (Å²) in [7, 11) is 0. The van der Waals surface area contributed by atoms with Gasteiger partial charge in [0.1, 0.15) is 11.5 Å². The van der Waals surface area contributed by atoms with Gasteiger partial charge in [0, 0.05) is 24.3 Å². The van der Waals surface area contributed by atoms with E-state index in [2.05, 4.69) is 125 Å². The molecule has 0 saturated heterocycles. The van der Waals surface area contributed by atoms with Crippen molar-refractivity contribution >= 4 is 33.5 Å². The van der Waals surface area contributed by atoms with Crippen LogP contribution in [-0.2, 0) is 19.1 Å². The predicted octanol–water partition coefficient (Wildman–Crippen LogP) is 24.9. The summed E-state index contributed by atoms with van der Waals surface area (Å²) in [5.74, 6) is 6.17. The fourth-order valence-corrected chi connectivity index (χ4v) is 19.0. The highest BCUT2D eigenvalue weighted by Gasteiger charge is 2.37. The zero-order chi connectivity index (χ0) is 64.6. The van der Waals surface area contributed by atoms with E-state index in [0.29, 0.717) is 59.2 Å². The van der Waals surface area contributed by atoms with Crippen molar-refractivity contribution < 1.29 is 28.5 Å². The third kappa shape index (κ3) is 17.5. The maximum Gasteiger partial charge on any atom is 0.314 e. The lowest BCUT2D eigenvalue weighted by molar-refractivity contribution is -0.141. The second-order valence-corrected chi connectivity index (χ2v) is 31.0. The minimum atomic E-state index is -0.173. The number of ether oxygens (including phenoxy) is 4. The predicted molar refractivity (Wildman–Crippen MR) is 391 cm³/mol. The zero-order valence-electron chi connectivity index (χ0n) is 58.6. The summed E-state index contributed by atoms with van der Waals surface area (Å²) in [5.41, 5.74) is 9.25. The van der Waals surface area contributed by atoms with Gasteiger partial charge in [-0.1, -0.05) is 177 Å². The summed E-state index contributed by atoms with van der Waals surface area (Å²) in [6.45, 7) is 11.0. The number of hydrogen-bond acceptors (Lipinski definition) is 6. The lowest BCUT2D eigenvalue weighted by Crippen LogP contribution is -2.31. The molecule has 0 unspecified atom stereocenters. The van der Waals surface area contributed by atoms with Crippen molar-refractivity contribution in [2.45, 2.75) is 283 Å². The molecule has 0 spiro atoms. The third-order valence-electron chi connectivity index (χ3n) is 24.8. The van der Waals surface area contributed by atoms with Crippen LogP contribution in [0.25, 0.3) is 54.9 Å². The lowest BCUT2D eigenvalue weighted by Gasteiger charge is -2.37. The Morgan fingerprint density at radius 1 is 0.340 bits per heavy atom. The Kier molecular flexibility index (Phi) is 25.0. The van der Waals surface area contributed by atoms with Gasteiger partial charge in [0.25, 0.3) is 0 Å². The van der Waals surface area contributed by atoms with E-state index >= 15 is 9.59 Å². The van der Waals surface area contributed by atoms with Crippen LogP contribution >= 0.6 is 0 Å². The molecule has 6 nitrogen and oxygen atoms in total. The highest BCUT2D eigenvalue weighted by atomic mass is 16.5. The van der Waals surface area contributed by atoms with Crippen LogP contribution in [0.1, 0.15) is 282 Å². The molecule has 12 rings (SSSR count). The largest absolute Gasteiger partial charge is 0.426 e. The molecule has 0 aromatic heterocycles. The average Bonchev–Trinajstić information content (AvgIpc) is 0.750. The summed E-state index contributed by atoms with van der Waals surface area (Å²) >= 11 is 0. The Labute approximate surface area is 567 Å². The van der Waals surface area contributed by atoms with Crippen LogP contribution in [-0.4, -0.2) is 37.4 Å². The first-order valence-electron chi connectivity index (χ1n) is 39.2. The van der Waals surface area contributed by atoms with Crippen LogP contribution in [0.15, 0.2) is 109 Å². The number of fused-ring (bicyclic) bond motifs is 2. The molecule has 6 aromatic carbocycles. The smallest absolute Gasteiger partial charge is 0.314 e. The van der Waals surface area contributed by atoms with Crippen molar-refractivity contribution in [1.82, 2.24) is 0 Å². The van der Waals surface area contributed by atoms with Crippen molar-refractivity contribution in [3.63, 3.8) is 0 Å². The molecule has 0 amide bonds. The molecule has 6 heteroatoms. The zero-order valence-corrected chi connectivity index (χ0v) is 58.6. The summed E-state index contributed by atoms with van der Waals surface area (Å²) < 4.78 is 26.6. The molecule has 6 fully saturated rings. The van der Waals surface area contributed by atoms with Gasteiger partial charge in [-0.15, -0.1) is 0 Å². The Hall–Kier alpha value is -5.30. The Bertz CT molecular complexity index is 3090. The fraction of sp³-hybridized carbons (Fsp3) is 0.614.